The minimum absolute atomic E-state index is 0.134. The molecular formula is C10H10BrClN2O2. The van der Waals surface area contributed by atoms with Crippen LogP contribution in [0, 0.1) is 0 Å². The van der Waals surface area contributed by atoms with Gasteiger partial charge in [-0.3, -0.25) is 4.79 Å². The minimum Gasteiger partial charge on any atom is -0.475 e. The summed E-state index contributed by atoms with van der Waals surface area (Å²) in [6, 6.07) is 3.50. The summed E-state index contributed by atoms with van der Waals surface area (Å²) in [5.41, 5.74) is 6.12. The van der Waals surface area contributed by atoms with Gasteiger partial charge < -0.3 is 15.4 Å². The number of carbonyl (C=O) groups is 1. The van der Waals surface area contributed by atoms with Gasteiger partial charge in [-0.15, -0.1) is 0 Å². The van der Waals surface area contributed by atoms with Crippen molar-refractivity contribution in [2.24, 2.45) is 5.73 Å². The summed E-state index contributed by atoms with van der Waals surface area (Å²) >= 11 is 9.37. The molecule has 1 unspecified atom stereocenters. The lowest BCUT2D eigenvalue weighted by Gasteiger charge is -2.32. The van der Waals surface area contributed by atoms with E-state index in [1.54, 1.807) is 19.2 Å². The van der Waals surface area contributed by atoms with Gasteiger partial charge in [-0.25, -0.2) is 0 Å². The number of rotatable bonds is 1. The maximum absolute atomic E-state index is 11.8. The van der Waals surface area contributed by atoms with Gasteiger partial charge in [0.15, 0.2) is 11.9 Å². The highest BCUT2D eigenvalue weighted by atomic mass is 79.9. The Morgan fingerprint density at radius 3 is 2.94 bits per heavy atom. The third-order valence-electron chi connectivity index (χ3n) is 2.43. The van der Waals surface area contributed by atoms with Crippen LogP contribution in [0.2, 0.25) is 5.02 Å². The number of likely N-dealkylation sites (N-methyl/N-ethyl adjacent to an activating group) is 1. The largest absolute Gasteiger partial charge is 0.475 e. The van der Waals surface area contributed by atoms with Gasteiger partial charge in [-0.2, -0.15) is 0 Å². The molecular weight excluding hydrogens is 295 g/mol. The Labute approximate surface area is 106 Å². The van der Waals surface area contributed by atoms with E-state index in [9.17, 15) is 4.79 Å². The van der Waals surface area contributed by atoms with E-state index in [2.05, 4.69) is 15.9 Å². The molecule has 1 aromatic rings. The third kappa shape index (κ3) is 1.79. The molecule has 2 N–H and O–H groups in total. The normalized spacial score (nSPS) is 19.4. The first-order valence-electron chi connectivity index (χ1n) is 4.68. The van der Waals surface area contributed by atoms with Crippen molar-refractivity contribution in [3.8, 4) is 5.75 Å². The van der Waals surface area contributed by atoms with Gasteiger partial charge in [0, 0.05) is 18.1 Å². The molecule has 86 valence electrons. The van der Waals surface area contributed by atoms with Crippen molar-refractivity contribution in [1.82, 2.24) is 0 Å². The van der Waals surface area contributed by atoms with E-state index in [1.165, 1.54) is 4.90 Å². The average molecular weight is 306 g/mol. The van der Waals surface area contributed by atoms with E-state index >= 15 is 0 Å². The molecule has 0 saturated heterocycles. The van der Waals surface area contributed by atoms with Crippen LogP contribution in [0.4, 0.5) is 5.69 Å². The van der Waals surface area contributed by atoms with Gasteiger partial charge in [0.05, 0.1) is 10.7 Å². The van der Waals surface area contributed by atoms with E-state index in [1.807, 2.05) is 0 Å². The van der Waals surface area contributed by atoms with Crippen LogP contribution in [0.1, 0.15) is 0 Å². The van der Waals surface area contributed by atoms with Crippen molar-refractivity contribution in [1.29, 1.82) is 0 Å². The minimum atomic E-state index is -0.656. The highest BCUT2D eigenvalue weighted by Gasteiger charge is 2.32. The first-order chi connectivity index (χ1) is 7.54. The van der Waals surface area contributed by atoms with E-state index < -0.39 is 6.10 Å². The molecule has 4 nitrogen and oxygen atoms in total. The van der Waals surface area contributed by atoms with Crippen molar-refractivity contribution in [3.63, 3.8) is 0 Å². The second-order valence-corrected chi connectivity index (χ2v) is 4.80. The standard InChI is InChI=1S/C10H10BrClN2O2/c1-14-7-3-5(11)2-6(12)9(7)16-8(4-13)10(14)15/h2-3,8H,4,13H2,1H3. The zero-order valence-corrected chi connectivity index (χ0v) is 10.9. The Morgan fingerprint density at radius 2 is 2.31 bits per heavy atom. The van der Waals surface area contributed by atoms with Gasteiger partial charge in [-0.1, -0.05) is 27.5 Å². The number of nitrogens with two attached hydrogens (primary N) is 1. The zero-order valence-electron chi connectivity index (χ0n) is 8.54. The van der Waals surface area contributed by atoms with E-state index in [0.717, 1.165) is 4.47 Å². The van der Waals surface area contributed by atoms with Crippen LogP contribution in [-0.2, 0) is 4.79 Å². The molecule has 2 rings (SSSR count). The number of ether oxygens (including phenoxy) is 1. The molecule has 0 spiro atoms. The lowest BCUT2D eigenvalue weighted by molar-refractivity contribution is -0.125. The molecule has 0 radical (unpaired) electrons. The number of amides is 1. The van der Waals surface area contributed by atoms with Crippen molar-refractivity contribution < 1.29 is 9.53 Å². The monoisotopic (exact) mass is 304 g/mol. The van der Waals surface area contributed by atoms with Crippen molar-refractivity contribution >= 4 is 39.1 Å². The van der Waals surface area contributed by atoms with Gasteiger partial charge >= 0.3 is 0 Å². The quantitative estimate of drug-likeness (QED) is 0.860. The Balaban J connectivity index is 2.54. The highest BCUT2D eigenvalue weighted by Crippen LogP contribution is 2.41. The lowest BCUT2D eigenvalue weighted by Crippen LogP contribution is -2.47. The molecule has 1 aliphatic heterocycles. The predicted octanol–water partition coefficient (Wildman–Crippen LogP) is 1.78. The summed E-state index contributed by atoms with van der Waals surface area (Å²) in [6.45, 7) is 0.134. The van der Waals surface area contributed by atoms with E-state index in [0.29, 0.717) is 16.5 Å². The number of nitrogens with zero attached hydrogens (tertiary/aromatic N) is 1. The summed E-state index contributed by atoms with van der Waals surface area (Å²) in [5, 5.41) is 0.460. The second kappa shape index (κ2) is 4.24. The van der Waals surface area contributed by atoms with Crippen molar-refractivity contribution in [2.75, 3.05) is 18.5 Å². The number of hydrogen-bond acceptors (Lipinski definition) is 3. The molecule has 1 amide bonds. The maximum atomic E-state index is 11.8. The fraction of sp³-hybridized carbons (Fsp3) is 0.300. The van der Waals surface area contributed by atoms with E-state index in [4.69, 9.17) is 22.1 Å². The summed E-state index contributed by atoms with van der Waals surface area (Å²) in [5.74, 6) is 0.339. The molecule has 0 aromatic heterocycles. The summed E-state index contributed by atoms with van der Waals surface area (Å²) in [6.07, 6.45) is -0.656. The number of halogens is 2. The maximum Gasteiger partial charge on any atom is 0.269 e. The first-order valence-corrected chi connectivity index (χ1v) is 5.85. The number of anilines is 1. The number of benzene rings is 1. The summed E-state index contributed by atoms with van der Waals surface area (Å²) < 4.78 is 6.28. The second-order valence-electron chi connectivity index (χ2n) is 3.48. The SMILES string of the molecule is CN1C(=O)C(CN)Oc2c(Cl)cc(Br)cc21. The topological polar surface area (TPSA) is 55.6 Å². The van der Waals surface area contributed by atoms with Crippen molar-refractivity contribution in [3.05, 3.63) is 21.6 Å². The van der Waals surface area contributed by atoms with Crippen LogP contribution >= 0.6 is 27.5 Å². The van der Waals surface area contributed by atoms with Gasteiger partial charge in [0.1, 0.15) is 0 Å². The van der Waals surface area contributed by atoms with Crippen LogP contribution in [0.25, 0.3) is 0 Å². The lowest BCUT2D eigenvalue weighted by atomic mass is 10.2. The highest BCUT2D eigenvalue weighted by molar-refractivity contribution is 9.10. The molecule has 1 heterocycles. The van der Waals surface area contributed by atoms with Crippen LogP contribution < -0.4 is 15.4 Å². The Kier molecular flexibility index (Phi) is 3.10. The predicted molar refractivity (Wildman–Crippen MR) is 66.0 cm³/mol. The Bertz CT molecular complexity index is 453. The van der Waals surface area contributed by atoms with Crippen LogP contribution in [0.3, 0.4) is 0 Å². The Hall–Kier alpha value is -0.780. The van der Waals surface area contributed by atoms with Crippen molar-refractivity contribution in [2.45, 2.75) is 6.10 Å². The molecule has 0 fully saturated rings. The molecule has 0 aliphatic carbocycles. The fourth-order valence-corrected chi connectivity index (χ4v) is 2.43. The number of fused-ring (bicyclic) bond motifs is 1. The molecule has 0 saturated carbocycles. The number of hydrogen-bond donors (Lipinski definition) is 1. The number of carbonyl (C=O) groups excluding carboxylic acids is 1. The molecule has 1 aliphatic rings. The van der Waals surface area contributed by atoms with E-state index in [-0.39, 0.29) is 12.5 Å². The van der Waals surface area contributed by atoms with Gasteiger partial charge in [0.2, 0.25) is 0 Å². The molecule has 0 bridgehead atoms. The average Bonchev–Trinajstić information content (AvgIpc) is 2.24. The first kappa shape index (κ1) is 11.7. The fourth-order valence-electron chi connectivity index (χ4n) is 1.59. The van der Waals surface area contributed by atoms with Gasteiger partial charge in [0.25, 0.3) is 5.91 Å². The smallest absolute Gasteiger partial charge is 0.269 e. The Morgan fingerprint density at radius 1 is 1.62 bits per heavy atom. The third-order valence-corrected chi connectivity index (χ3v) is 3.17. The van der Waals surface area contributed by atoms with Gasteiger partial charge in [-0.05, 0) is 12.1 Å². The molecule has 16 heavy (non-hydrogen) atoms. The molecule has 1 atom stereocenters. The zero-order chi connectivity index (χ0) is 11.9. The summed E-state index contributed by atoms with van der Waals surface area (Å²) in [4.78, 5) is 13.3. The van der Waals surface area contributed by atoms with Crippen LogP contribution in [-0.4, -0.2) is 25.6 Å². The van der Waals surface area contributed by atoms with Crippen LogP contribution in [0.15, 0.2) is 16.6 Å². The van der Waals surface area contributed by atoms with Crippen LogP contribution in [0.5, 0.6) is 5.75 Å². The summed E-state index contributed by atoms with van der Waals surface area (Å²) in [7, 11) is 1.68. The molecule has 6 heteroatoms. The molecule has 1 aromatic carbocycles.